The number of halogens is 1. The van der Waals surface area contributed by atoms with Crippen molar-refractivity contribution in [3.8, 4) is 0 Å². The summed E-state index contributed by atoms with van der Waals surface area (Å²) in [5.41, 5.74) is 5.70. The highest BCUT2D eigenvalue weighted by atomic mass is 32.2. The minimum Gasteiger partial charge on any atom is -0.399 e. The lowest BCUT2D eigenvalue weighted by Crippen LogP contribution is -2.31. The van der Waals surface area contributed by atoms with Gasteiger partial charge in [-0.2, -0.15) is 0 Å². The van der Waals surface area contributed by atoms with Gasteiger partial charge in [0, 0.05) is 31.5 Å². The van der Waals surface area contributed by atoms with Crippen LogP contribution < -0.4 is 10.5 Å². The van der Waals surface area contributed by atoms with Crippen LogP contribution >= 0.6 is 0 Å². The standard InChI is InChI=1S/C14H21FN2O3S/c1-10-12(15)7-11(16)8-13(10)21(18,19)17-9-14(3-4-14)5-6-20-2/h7-8,17H,3-6,9,16H2,1-2H3. The van der Waals surface area contributed by atoms with Crippen molar-refractivity contribution < 1.29 is 17.5 Å². The topological polar surface area (TPSA) is 81.4 Å². The predicted octanol–water partition coefficient (Wildman–Crippen LogP) is 1.81. The average molecular weight is 316 g/mol. The number of benzene rings is 1. The second-order valence-electron chi connectivity index (χ2n) is 5.69. The van der Waals surface area contributed by atoms with E-state index < -0.39 is 15.8 Å². The summed E-state index contributed by atoms with van der Waals surface area (Å²) in [4.78, 5) is -0.0949. The van der Waals surface area contributed by atoms with E-state index in [0.717, 1.165) is 25.3 Å². The van der Waals surface area contributed by atoms with Crippen molar-refractivity contribution in [3.05, 3.63) is 23.5 Å². The number of ether oxygens (including phenoxy) is 1. The molecule has 0 spiro atoms. The third-order valence-electron chi connectivity index (χ3n) is 4.04. The Morgan fingerprint density at radius 3 is 2.67 bits per heavy atom. The molecule has 1 saturated carbocycles. The van der Waals surface area contributed by atoms with Crippen molar-refractivity contribution in [1.29, 1.82) is 0 Å². The lowest BCUT2D eigenvalue weighted by Gasteiger charge is -2.17. The van der Waals surface area contributed by atoms with E-state index in [4.69, 9.17) is 10.5 Å². The number of sulfonamides is 1. The van der Waals surface area contributed by atoms with Gasteiger partial charge >= 0.3 is 0 Å². The van der Waals surface area contributed by atoms with Crippen LogP contribution in [0.25, 0.3) is 0 Å². The zero-order valence-corrected chi connectivity index (χ0v) is 13.1. The first-order valence-electron chi connectivity index (χ1n) is 6.84. The van der Waals surface area contributed by atoms with Crippen LogP contribution in [0, 0.1) is 18.2 Å². The maximum atomic E-state index is 13.6. The van der Waals surface area contributed by atoms with Crippen molar-refractivity contribution in [3.63, 3.8) is 0 Å². The summed E-state index contributed by atoms with van der Waals surface area (Å²) < 4.78 is 45.9. The van der Waals surface area contributed by atoms with E-state index in [2.05, 4.69) is 4.72 Å². The summed E-state index contributed by atoms with van der Waals surface area (Å²) in [6.07, 6.45) is 2.77. The maximum absolute atomic E-state index is 13.6. The SMILES string of the molecule is COCCC1(CNS(=O)(=O)c2cc(N)cc(F)c2C)CC1. The third kappa shape index (κ3) is 3.72. The van der Waals surface area contributed by atoms with Crippen molar-refractivity contribution >= 4 is 15.7 Å². The van der Waals surface area contributed by atoms with E-state index in [1.807, 2.05) is 0 Å². The van der Waals surface area contributed by atoms with E-state index in [0.29, 0.717) is 13.2 Å². The molecule has 1 aromatic carbocycles. The average Bonchev–Trinajstić information content (AvgIpc) is 3.19. The number of anilines is 1. The van der Waals surface area contributed by atoms with Gasteiger partial charge < -0.3 is 10.5 Å². The van der Waals surface area contributed by atoms with Crippen LogP contribution in [0.2, 0.25) is 0 Å². The Morgan fingerprint density at radius 1 is 1.43 bits per heavy atom. The van der Waals surface area contributed by atoms with Crippen LogP contribution in [0.15, 0.2) is 17.0 Å². The van der Waals surface area contributed by atoms with E-state index >= 15 is 0 Å². The highest BCUT2D eigenvalue weighted by Crippen LogP contribution is 2.48. The summed E-state index contributed by atoms with van der Waals surface area (Å²) in [7, 11) is -2.14. The summed E-state index contributed by atoms with van der Waals surface area (Å²) >= 11 is 0. The molecule has 0 radical (unpaired) electrons. The molecule has 1 fully saturated rings. The minimum absolute atomic E-state index is 0.0180. The molecule has 5 nitrogen and oxygen atoms in total. The highest BCUT2D eigenvalue weighted by molar-refractivity contribution is 7.89. The van der Waals surface area contributed by atoms with Crippen molar-refractivity contribution in [2.75, 3.05) is 26.0 Å². The van der Waals surface area contributed by atoms with Crippen LogP contribution in [-0.2, 0) is 14.8 Å². The molecule has 7 heteroatoms. The van der Waals surface area contributed by atoms with Gasteiger partial charge in [0.2, 0.25) is 10.0 Å². The van der Waals surface area contributed by atoms with Gasteiger partial charge in [0.1, 0.15) is 5.82 Å². The second-order valence-corrected chi connectivity index (χ2v) is 7.43. The number of nitrogens with one attached hydrogen (secondary N) is 1. The highest BCUT2D eigenvalue weighted by Gasteiger charge is 2.42. The first-order chi connectivity index (χ1) is 9.80. The molecule has 0 unspecified atom stereocenters. The van der Waals surface area contributed by atoms with Gasteiger partial charge in [-0.25, -0.2) is 17.5 Å². The molecule has 1 aromatic rings. The van der Waals surface area contributed by atoms with E-state index in [1.165, 1.54) is 13.0 Å². The molecular weight excluding hydrogens is 295 g/mol. The number of rotatable bonds is 7. The van der Waals surface area contributed by atoms with Crippen LogP contribution in [0.5, 0.6) is 0 Å². The molecule has 21 heavy (non-hydrogen) atoms. The molecule has 0 aliphatic heterocycles. The zero-order chi connectivity index (χ0) is 15.7. The van der Waals surface area contributed by atoms with E-state index in [-0.39, 0.29) is 21.6 Å². The Hall–Kier alpha value is -1.18. The number of methoxy groups -OCH3 is 1. The first-order valence-corrected chi connectivity index (χ1v) is 8.32. The van der Waals surface area contributed by atoms with Gasteiger partial charge in [-0.05, 0) is 43.7 Å². The molecule has 0 bridgehead atoms. The van der Waals surface area contributed by atoms with Crippen molar-refractivity contribution in [2.45, 2.75) is 31.1 Å². The largest absolute Gasteiger partial charge is 0.399 e. The summed E-state index contributed by atoms with van der Waals surface area (Å²) in [5, 5.41) is 0. The molecule has 1 aliphatic rings. The van der Waals surface area contributed by atoms with E-state index in [1.54, 1.807) is 7.11 Å². The van der Waals surface area contributed by atoms with Crippen molar-refractivity contribution in [1.82, 2.24) is 4.72 Å². The molecular formula is C14H21FN2O3S. The Morgan fingerprint density at radius 2 is 2.10 bits per heavy atom. The number of nitrogen functional groups attached to an aromatic ring is 1. The van der Waals surface area contributed by atoms with Crippen LogP contribution in [-0.4, -0.2) is 28.7 Å². The van der Waals surface area contributed by atoms with Crippen LogP contribution in [0.4, 0.5) is 10.1 Å². The summed E-state index contributed by atoms with van der Waals surface area (Å²) in [5.74, 6) is -0.615. The second kappa shape index (κ2) is 5.90. The minimum atomic E-state index is -3.76. The van der Waals surface area contributed by atoms with Gasteiger partial charge in [0.05, 0.1) is 4.90 Å². The van der Waals surface area contributed by atoms with Crippen molar-refractivity contribution in [2.24, 2.45) is 5.41 Å². The number of hydrogen-bond donors (Lipinski definition) is 2. The zero-order valence-electron chi connectivity index (χ0n) is 12.3. The van der Waals surface area contributed by atoms with Crippen LogP contribution in [0.3, 0.4) is 0 Å². The fourth-order valence-corrected chi connectivity index (χ4v) is 3.73. The first kappa shape index (κ1) is 16.2. The molecule has 0 aromatic heterocycles. The van der Waals surface area contributed by atoms with Gasteiger partial charge in [-0.3, -0.25) is 0 Å². The molecule has 2 rings (SSSR count). The Kier molecular flexibility index (Phi) is 4.55. The monoisotopic (exact) mass is 316 g/mol. The fraction of sp³-hybridized carbons (Fsp3) is 0.571. The van der Waals surface area contributed by atoms with Gasteiger partial charge in [-0.15, -0.1) is 0 Å². The number of nitrogens with two attached hydrogens (primary N) is 1. The molecule has 0 heterocycles. The Labute approximate surface area is 124 Å². The van der Waals surface area contributed by atoms with Gasteiger partial charge in [-0.1, -0.05) is 0 Å². The Balaban J connectivity index is 2.13. The maximum Gasteiger partial charge on any atom is 0.241 e. The van der Waals surface area contributed by atoms with Gasteiger partial charge in [0.25, 0.3) is 0 Å². The quantitative estimate of drug-likeness (QED) is 0.752. The predicted molar refractivity (Wildman–Crippen MR) is 78.9 cm³/mol. The third-order valence-corrected chi connectivity index (χ3v) is 5.57. The lowest BCUT2D eigenvalue weighted by molar-refractivity contribution is 0.173. The molecule has 1 aliphatic carbocycles. The smallest absolute Gasteiger partial charge is 0.241 e. The summed E-state index contributed by atoms with van der Waals surface area (Å²) in [6, 6.07) is 2.41. The van der Waals surface area contributed by atoms with Gasteiger partial charge in [0.15, 0.2) is 0 Å². The fourth-order valence-electron chi connectivity index (χ4n) is 2.29. The summed E-state index contributed by atoms with van der Waals surface area (Å²) in [6.45, 7) is 2.38. The molecule has 3 N–H and O–H groups in total. The normalized spacial score (nSPS) is 16.9. The molecule has 0 saturated heterocycles. The van der Waals surface area contributed by atoms with E-state index in [9.17, 15) is 12.8 Å². The lowest BCUT2D eigenvalue weighted by atomic mass is 10.0. The van der Waals surface area contributed by atoms with Crippen LogP contribution in [0.1, 0.15) is 24.8 Å². The molecule has 0 atom stereocenters. The molecule has 0 amide bonds. The Bertz CT molecular complexity index is 627. The number of hydrogen-bond acceptors (Lipinski definition) is 4. The molecule has 118 valence electrons.